The van der Waals surface area contributed by atoms with Crippen molar-refractivity contribution in [3.05, 3.63) is 70.3 Å². The average molecular weight is 726 g/mol. The molecule has 6 rings (SSSR count). The number of amides is 2. The Morgan fingerprint density at radius 2 is 1.79 bits per heavy atom. The van der Waals surface area contributed by atoms with Gasteiger partial charge in [0.25, 0.3) is 0 Å². The van der Waals surface area contributed by atoms with E-state index in [0.29, 0.717) is 57.4 Å². The smallest absolute Gasteiger partial charge is 0.225 e. The third kappa shape index (κ3) is 7.53. The van der Waals surface area contributed by atoms with Crippen LogP contribution in [-0.2, 0) is 37.7 Å². The van der Waals surface area contributed by atoms with Gasteiger partial charge in [0.2, 0.25) is 18.1 Å². The maximum Gasteiger partial charge on any atom is 0.225 e. The van der Waals surface area contributed by atoms with Crippen molar-refractivity contribution in [2.45, 2.75) is 132 Å². The van der Waals surface area contributed by atoms with E-state index in [1.807, 2.05) is 24.0 Å². The molecular formula is C40H56FN3O8. The van der Waals surface area contributed by atoms with Crippen LogP contribution in [0.25, 0.3) is 0 Å². The van der Waals surface area contributed by atoms with E-state index in [-0.39, 0.29) is 12.5 Å². The van der Waals surface area contributed by atoms with Crippen LogP contribution < -0.4 is 5.32 Å². The predicted octanol–water partition coefficient (Wildman–Crippen LogP) is 2.99. The fourth-order valence-electron chi connectivity index (χ4n) is 8.61. The third-order valence-corrected chi connectivity index (χ3v) is 12.0. The maximum atomic E-state index is 13.7. The van der Waals surface area contributed by atoms with E-state index >= 15 is 0 Å². The first-order valence-corrected chi connectivity index (χ1v) is 18.9. The van der Waals surface area contributed by atoms with E-state index in [4.69, 9.17) is 9.47 Å². The van der Waals surface area contributed by atoms with Crippen molar-refractivity contribution in [3.8, 4) is 0 Å². The molecule has 4 aliphatic rings. The van der Waals surface area contributed by atoms with Crippen molar-refractivity contribution in [1.82, 2.24) is 15.1 Å². The molecule has 0 aromatic heterocycles. The summed E-state index contributed by atoms with van der Waals surface area (Å²) >= 11 is 0. The Morgan fingerprint density at radius 3 is 2.44 bits per heavy atom. The fraction of sp³-hybridized carbons (Fsp3) is 0.650. The maximum absolute atomic E-state index is 13.7. The molecule has 286 valence electrons. The van der Waals surface area contributed by atoms with Crippen LogP contribution in [0.2, 0.25) is 0 Å². The van der Waals surface area contributed by atoms with Gasteiger partial charge in [0.1, 0.15) is 30.1 Å². The van der Waals surface area contributed by atoms with E-state index in [0.717, 1.165) is 67.2 Å². The van der Waals surface area contributed by atoms with Gasteiger partial charge in [-0.05, 0) is 100 Å². The zero-order valence-corrected chi connectivity index (χ0v) is 30.7. The lowest BCUT2D eigenvalue weighted by molar-refractivity contribution is -0.348. The summed E-state index contributed by atoms with van der Waals surface area (Å²) < 4.78 is 26.0. The number of benzene rings is 2. The van der Waals surface area contributed by atoms with Gasteiger partial charge in [-0.3, -0.25) is 14.5 Å². The number of hydrogen-bond donors (Lipinski definition) is 5. The second kappa shape index (κ2) is 15.4. The fourth-order valence-corrected chi connectivity index (χ4v) is 8.61. The molecule has 3 heterocycles. The number of aryl methyl sites for hydroxylation is 2. The summed E-state index contributed by atoms with van der Waals surface area (Å²) in [6.45, 7) is 6.91. The zero-order chi connectivity index (χ0) is 37.3. The van der Waals surface area contributed by atoms with Crippen molar-refractivity contribution in [3.63, 3.8) is 0 Å². The minimum atomic E-state index is -1.76. The van der Waals surface area contributed by atoms with E-state index in [2.05, 4.69) is 29.6 Å². The molecule has 1 saturated carbocycles. The number of rotatable bonds is 14. The van der Waals surface area contributed by atoms with Gasteiger partial charge >= 0.3 is 0 Å². The second-order valence-electron chi connectivity index (χ2n) is 16.0. The number of alkyl halides is 1. The number of likely N-dealkylation sites (tertiary alicyclic amines) is 1. The largest absolute Gasteiger partial charge is 0.387 e. The molecule has 0 radical (unpaired) electrons. The number of aliphatic hydroxyl groups is 4. The number of ether oxygens (including phenoxy) is 2. The molecule has 4 fully saturated rings. The summed E-state index contributed by atoms with van der Waals surface area (Å²) in [5.74, 6) is -1.82. The number of carbonyl (C=O) groups is 2. The molecule has 2 aromatic rings. The normalized spacial score (nSPS) is 30.3. The summed E-state index contributed by atoms with van der Waals surface area (Å²) in [7, 11) is 0. The molecule has 6 atom stereocenters. The molecule has 5 N–H and O–H groups in total. The van der Waals surface area contributed by atoms with E-state index in [1.54, 1.807) is 11.0 Å². The summed E-state index contributed by atoms with van der Waals surface area (Å²) in [6, 6.07) is 13.8. The Labute approximate surface area is 306 Å². The number of carbonyl (C=O) groups excluding carboxylic acids is 2. The summed E-state index contributed by atoms with van der Waals surface area (Å²) in [6.07, 6.45) is 2.55. The molecule has 12 heteroatoms. The molecular weight excluding hydrogens is 669 g/mol. The van der Waals surface area contributed by atoms with Crippen molar-refractivity contribution in [2.24, 2.45) is 0 Å². The van der Waals surface area contributed by atoms with Crippen LogP contribution in [0.15, 0.2) is 42.5 Å². The van der Waals surface area contributed by atoms with E-state index in [9.17, 15) is 34.4 Å². The van der Waals surface area contributed by atoms with Gasteiger partial charge in [-0.1, -0.05) is 42.8 Å². The lowest BCUT2D eigenvalue weighted by Crippen LogP contribution is -2.70. The summed E-state index contributed by atoms with van der Waals surface area (Å²) in [5.41, 5.74) is 0.741. The van der Waals surface area contributed by atoms with Crippen LogP contribution in [-0.4, -0.2) is 117 Å². The number of nitrogens with zero attached hydrogens (tertiary/aromatic N) is 2. The van der Waals surface area contributed by atoms with Gasteiger partial charge in [-0.15, -0.1) is 0 Å². The Morgan fingerprint density at radius 1 is 1.08 bits per heavy atom. The predicted molar refractivity (Wildman–Crippen MR) is 192 cm³/mol. The molecule has 2 bridgehead atoms. The Kier molecular flexibility index (Phi) is 11.5. The molecule has 3 aliphatic heterocycles. The minimum absolute atomic E-state index is 0.0645. The lowest BCUT2D eigenvalue weighted by Gasteiger charge is -2.50. The van der Waals surface area contributed by atoms with Crippen LogP contribution in [0.1, 0.15) is 93.0 Å². The SMILES string of the molecule is Cc1ccc([C@]23OC[C@](C(C)(C)O)(O2)[C@@H](O)[C@H](O)[C@H]3O)cc1Cc1ccc(CCCC(=O)NC2(N(C=O)CCN3CC[C@@H](F)C3)CCCCC2)cc1. The van der Waals surface area contributed by atoms with Gasteiger partial charge in [0, 0.05) is 38.2 Å². The molecule has 0 spiro atoms. The quantitative estimate of drug-likeness (QED) is 0.146. The number of fused-ring (bicyclic) bond motifs is 2. The highest BCUT2D eigenvalue weighted by atomic mass is 19.1. The summed E-state index contributed by atoms with van der Waals surface area (Å²) in [4.78, 5) is 29.3. The molecule has 0 unspecified atom stereocenters. The van der Waals surface area contributed by atoms with Crippen LogP contribution in [0.4, 0.5) is 4.39 Å². The average Bonchev–Trinajstić information content (AvgIpc) is 3.73. The third-order valence-electron chi connectivity index (χ3n) is 12.0. The molecule has 52 heavy (non-hydrogen) atoms. The standard InChI is InChI=1S/C40H56FN3O8/c1-27-10-15-31(40-36(49)34(47)35(48)39(52-40,25-51-40)37(2,3)50)23-30(27)22-29-13-11-28(12-14-29)8-7-9-33(46)42-38(17-5-4-6-18-38)44(26-45)21-20-43-19-16-32(41)24-43/h10-15,23,26,32,34-36,47-50H,4-9,16-22,24-25H2,1-3H3,(H,42,46)/t32-,34+,35+,36-,39+,40+/m1/s1. The van der Waals surface area contributed by atoms with Gasteiger partial charge in [0.15, 0.2) is 5.60 Å². The minimum Gasteiger partial charge on any atom is -0.387 e. The van der Waals surface area contributed by atoms with Crippen LogP contribution >= 0.6 is 0 Å². The van der Waals surface area contributed by atoms with Gasteiger partial charge in [-0.2, -0.15) is 0 Å². The highest BCUT2D eigenvalue weighted by Gasteiger charge is 2.71. The van der Waals surface area contributed by atoms with Gasteiger partial charge < -0.3 is 40.1 Å². The van der Waals surface area contributed by atoms with Crippen molar-refractivity contribution >= 4 is 12.3 Å². The Bertz CT molecular complexity index is 1560. The molecule has 2 aromatic carbocycles. The second-order valence-corrected chi connectivity index (χ2v) is 16.0. The number of hydrogen-bond acceptors (Lipinski definition) is 9. The first-order chi connectivity index (χ1) is 24.7. The number of aliphatic hydroxyl groups excluding tert-OH is 3. The molecule has 3 saturated heterocycles. The van der Waals surface area contributed by atoms with Crippen LogP contribution in [0.5, 0.6) is 0 Å². The molecule has 1 aliphatic carbocycles. The van der Waals surface area contributed by atoms with Crippen LogP contribution in [0, 0.1) is 6.92 Å². The van der Waals surface area contributed by atoms with Crippen molar-refractivity contribution in [1.29, 1.82) is 0 Å². The lowest BCUT2D eigenvalue weighted by atomic mass is 9.75. The zero-order valence-electron chi connectivity index (χ0n) is 30.7. The number of halogens is 1. The van der Waals surface area contributed by atoms with E-state index in [1.165, 1.54) is 13.8 Å². The van der Waals surface area contributed by atoms with Crippen molar-refractivity contribution in [2.75, 3.05) is 32.8 Å². The highest BCUT2D eigenvalue weighted by Crippen LogP contribution is 2.53. The van der Waals surface area contributed by atoms with Gasteiger partial charge in [-0.25, -0.2) is 4.39 Å². The molecule has 11 nitrogen and oxygen atoms in total. The Hall–Kier alpha value is -2.97. The first kappa shape index (κ1) is 38.7. The summed E-state index contributed by atoms with van der Waals surface area (Å²) in [5, 5.41) is 46.9. The van der Waals surface area contributed by atoms with Crippen molar-refractivity contribution < 1.29 is 43.9 Å². The highest BCUT2D eigenvalue weighted by molar-refractivity contribution is 5.77. The van der Waals surface area contributed by atoms with Gasteiger partial charge in [0.05, 0.1) is 12.2 Å². The number of nitrogens with one attached hydrogen (secondary N) is 1. The first-order valence-electron chi connectivity index (χ1n) is 18.9. The van der Waals surface area contributed by atoms with Crippen LogP contribution in [0.3, 0.4) is 0 Å². The topological polar surface area (TPSA) is 152 Å². The Balaban J connectivity index is 1.05. The monoisotopic (exact) mass is 725 g/mol. The van der Waals surface area contributed by atoms with E-state index < -0.39 is 47.1 Å². The molecule has 2 amide bonds.